The van der Waals surface area contributed by atoms with E-state index < -0.39 is 5.60 Å². The molecule has 0 radical (unpaired) electrons. The van der Waals surface area contributed by atoms with E-state index in [1.165, 1.54) is 10.8 Å². The SMILES string of the molecule is Brc1cc2c(c3ccccc13)C=CC(c1ccccc1)(c1ccccc1)O2.CC.CC. The van der Waals surface area contributed by atoms with E-state index in [9.17, 15) is 0 Å². The van der Waals surface area contributed by atoms with Crippen LogP contribution in [0.15, 0.2) is 102 Å². The molecule has 0 aromatic heterocycles. The van der Waals surface area contributed by atoms with Gasteiger partial charge in [-0.3, -0.25) is 0 Å². The molecule has 4 aromatic rings. The Hall–Kier alpha value is -2.84. The first kappa shape index (κ1) is 22.8. The van der Waals surface area contributed by atoms with Crippen LogP contribution in [0.2, 0.25) is 0 Å². The largest absolute Gasteiger partial charge is 0.473 e. The highest BCUT2D eigenvalue weighted by molar-refractivity contribution is 9.10. The van der Waals surface area contributed by atoms with Gasteiger partial charge in [-0.2, -0.15) is 0 Å². The first-order valence-electron chi connectivity index (χ1n) is 11.0. The second-order valence-corrected chi connectivity index (χ2v) is 7.57. The van der Waals surface area contributed by atoms with Gasteiger partial charge in [0.05, 0.1) is 0 Å². The lowest BCUT2D eigenvalue weighted by Crippen LogP contribution is -2.34. The van der Waals surface area contributed by atoms with Crippen molar-refractivity contribution in [2.75, 3.05) is 0 Å². The summed E-state index contributed by atoms with van der Waals surface area (Å²) in [6, 6.07) is 31.3. The van der Waals surface area contributed by atoms with Gasteiger partial charge >= 0.3 is 0 Å². The van der Waals surface area contributed by atoms with E-state index in [2.05, 4.69) is 107 Å². The van der Waals surface area contributed by atoms with Gasteiger partial charge in [-0.15, -0.1) is 0 Å². The molecule has 1 aliphatic rings. The molecule has 0 unspecified atom stereocenters. The van der Waals surface area contributed by atoms with Crippen LogP contribution in [0.25, 0.3) is 16.8 Å². The van der Waals surface area contributed by atoms with Gasteiger partial charge in [0.15, 0.2) is 5.60 Å². The molecule has 5 rings (SSSR count). The van der Waals surface area contributed by atoms with Crippen LogP contribution in [0.3, 0.4) is 0 Å². The number of hydrogen-bond acceptors (Lipinski definition) is 1. The summed E-state index contributed by atoms with van der Waals surface area (Å²) in [6.45, 7) is 8.00. The predicted molar refractivity (Wildman–Crippen MR) is 138 cm³/mol. The maximum atomic E-state index is 6.76. The Morgan fingerprint density at radius 2 is 1.13 bits per heavy atom. The van der Waals surface area contributed by atoms with Gasteiger partial charge in [0.25, 0.3) is 0 Å². The highest BCUT2D eigenvalue weighted by Crippen LogP contribution is 2.45. The highest BCUT2D eigenvalue weighted by Gasteiger charge is 2.37. The minimum absolute atomic E-state index is 0.641. The maximum Gasteiger partial charge on any atom is 0.178 e. The van der Waals surface area contributed by atoms with E-state index in [4.69, 9.17) is 4.74 Å². The third-order valence-corrected chi connectivity index (χ3v) is 5.81. The van der Waals surface area contributed by atoms with Gasteiger partial charge in [0.1, 0.15) is 5.75 Å². The summed E-state index contributed by atoms with van der Waals surface area (Å²) in [5, 5.41) is 2.38. The maximum absolute atomic E-state index is 6.76. The summed E-state index contributed by atoms with van der Waals surface area (Å²) in [6.07, 6.45) is 4.38. The monoisotopic (exact) mass is 472 g/mol. The topological polar surface area (TPSA) is 9.23 Å². The lowest BCUT2D eigenvalue weighted by molar-refractivity contribution is 0.161. The van der Waals surface area contributed by atoms with Gasteiger partial charge < -0.3 is 4.74 Å². The van der Waals surface area contributed by atoms with Crippen molar-refractivity contribution in [1.29, 1.82) is 0 Å². The summed E-state index contributed by atoms with van der Waals surface area (Å²) >= 11 is 3.72. The highest BCUT2D eigenvalue weighted by atomic mass is 79.9. The van der Waals surface area contributed by atoms with E-state index in [1.807, 2.05) is 39.8 Å². The summed E-state index contributed by atoms with van der Waals surface area (Å²) in [4.78, 5) is 0. The molecular formula is C29H29BrO. The van der Waals surface area contributed by atoms with Crippen LogP contribution in [-0.2, 0) is 5.60 Å². The van der Waals surface area contributed by atoms with Crippen LogP contribution in [0, 0.1) is 0 Å². The minimum Gasteiger partial charge on any atom is -0.473 e. The van der Waals surface area contributed by atoms with Crippen molar-refractivity contribution in [2.24, 2.45) is 0 Å². The Balaban J connectivity index is 0.000000645. The molecule has 4 aromatic carbocycles. The molecule has 0 aliphatic carbocycles. The normalized spacial score (nSPS) is 13.1. The van der Waals surface area contributed by atoms with E-state index in [0.717, 1.165) is 26.9 Å². The van der Waals surface area contributed by atoms with Crippen molar-refractivity contribution in [2.45, 2.75) is 33.3 Å². The Labute approximate surface area is 194 Å². The van der Waals surface area contributed by atoms with Crippen molar-refractivity contribution in [3.05, 3.63) is 118 Å². The second-order valence-electron chi connectivity index (χ2n) is 6.72. The molecule has 2 heteroatoms. The van der Waals surface area contributed by atoms with Crippen molar-refractivity contribution in [1.82, 2.24) is 0 Å². The third kappa shape index (κ3) is 4.31. The lowest BCUT2D eigenvalue weighted by Gasteiger charge is -2.36. The fraction of sp³-hybridized carbons (Fsp3) is 0.172. The zero-order chi connectivity index (χ0) is 22.3. The molecule has 0 fully saturated rings. The molecule has 0 saturated heterocycles. The molecule has 0 atom stereocenters. The number of hydrogen-bond donors (Lipinski definition) is 0. The summed E-state index contributed by atoms with van der Waals surface area (Å²) in [5.74, 6) is 0.885. The molecule has 158 valence electrons. The van der Waals surface area contributed by atoms with Crippen molar-refractivity contribution < 1.29 is 4.74 Å². The summed E-state index contributed by atoms with van der Waals surface area (Å²) in [5.41, 5.74) is 2.71. The van der Waals surface area contributed by atoms with E-state index in [-0.39, 0.29) is 0 Å². The van der Waals surface area contributed by atoms with E-state index in [0.29, 0.717) is 0 Å². The molecule has 0 spiro atoms. The first-order chi connectivity index (χ1) is 15.3. The number of rotatable bonds is 2. The molecule has 1 aliphatic heterocycles. The Morgan fingerprint density at radius 1 is 0.645 bits per heavy atom. The molecule has 0 saturated carbocycles. The smallest absolute Gasteiger partial charge is 0.178 e. The fourth-order valence-electron chi connectivity index (χ4n) is 3.84. The molecule has 31 heavy (non-hydrogen) atoms. The number of benzene rings is 4. The van der Waals surface area contributed by atoms with Crippen molar-refractivity contribution in [3.8, 4) is 5.75 Å². The third-order valence-electron chi connectivity index (χ3n) is 5.16. The van der Waals surface area contributed by atoms with Crippen LogP contribution in [0.5, 0.6) is 5.75 Å². The molecule has 0 bridgehead atoms. The standard InChI is InChI=1S/C25H17BrO.2C2H6/c26-23-17-24-22(20-13-7-8-14-21(20)23)15-16-25(27-24,18-9-3-1-4-10-18)19-11-5-2-6-12-19;2*1-2/h1-17H;2*1-2H3. The second kappa shape index (κ2) is 10.5. The minimum atomic E-state index is -0.641. The van der Waals surface area contributed by atoms with Gasteiger partial charge in [-0.05, 0) is 29.0 Å². The number of halogens is 1. The Bertz CT molecular complexity index is 1110. The van der Waals surface area contributed by atoms with Crippen molar-refractivity contribution >= 4 is 32.8 Å². The van der Waals surface area contributed by atoms with Crippen LogP contribution in [0.1, 0.15) is 44.4 Å². The molecular weight excluding hydrogens is 444 g/mol. The number of ether oxygens (including phenoxy) is 1. The fourth-order valence-corrected chi connectivity index (χ4v) is 4.40. The summed E-state index contributed by atoms with van der Waals surface area (Å²) in [7, 11) is 0. The van der Waals surface area contributed by atoms with Crippen LogP contribution in [-0.4, -0.2) is 0 Å². The summed E-state index contributed by atoms with van der Waals surface area (Å²) < 4.78 is 7.81. The quantitative estimate of drug-likeness (QED) is 0.282. The van der Waals surface area contributed by atoms with Gasteiger partial charge in [-0.25, -0.2) is 0 Å². The average molecular weight is 473 g/mol. The van der Waals surface area contributed by atoms with Gasteiger partial charge in [-0.1, -0.05) is 129 Å². The predicted octanol–water partition coefficient (Wildman–Crippen LogP) is 9.00. The van der Waals surface area contributed by atoms with Crippen molar-refractivity contribution in [3.63, 3.8) is 0 Å². The molecule has 0 amide bonds. The average Bonchev–Trinajstić information content (AvgIpc) is 2.87. The zero-order valence-corrected chi connectivity index (χ0v) is 20.2. The lowest BCUT2D eigenvalue weighted by atomic mass is 9.83. The molecule has 1 heterocycles. The Kier molecular flexibility index (Phi) is 7.70. The first-order valence-corrected chi connectivity index (χ1v) is 11.8. The molecule has 0 N–H and O–H groups in total. The van der Waals surface area contributed by atoms with Gasteiger partial charge in [0, 0.05) is 21.2 Å². The molecule has 1 nitrogen and oxygen atoms in total. The van der Waals surface area contributed by atoms with Crippen LogP contribution < -0.4 is 4.74 Å². The van der Waals surface area contributed by atoms with Crippen LogP contribution >= 0.6 is 15.9 Å². The Morgan fingerprint density at radius 3 is 1.68 bits per heavy atom. The van der Waals surface area contributed by atoms with E-state index in [1.54, 1.807) is 0 Å². The van der Waals surface area contributed by atoms with E-state index >= 15 is 0 Å². The zero-order valence-electron chi connectivity index (χ0n) is 18.6. The van der Waals surface area contributed by atoms with Crippen LogP contribution in [0.4, 0.5) is 0 Å². The number of fused-ring (bicyclic) bond motifs is 3. The van der Waals surface area contributed by atoms with Gasteiger partial charge in [0.2, 0.25) is 0 Å².